The second-order valence-corrected chi connectivity index (χ2v) is 5.99. The van der Waals surface area contributed by atoms with Crippen molar-refractivity contribution in [3.05, 3.63) is 30.2 Å². The normalized spacial score (nSPS) is 11.3. The van der Waals surface area contributed by atoms with Gasteiger partial charge in [-0.25, -0.2) is 0 Å². The van der Waals surface area contributed by atoms with Crippen LogP contribution in [0.15, 0.2) is 28.7 Å². The maximum Gasteiger partial charge on any atom is 0.247 e. The Bertz CT molecular complexity index is 644. The number of ether oxygens (including phenoxy) is 1. The molecule has 6 nitrogen and oxygen atoms in total. The lowest BCUT2D eigenvalue weighted by molar-refractivity contribution is -0.128. The fourth-order valence-corrected chi connectivity index (χ4v) is 1.78. The fourth-order valence-electron chi connectivity index (χ4n) is 1.78. The molecule has 1 aromatic carbocycles. The van der Waals surface area contributed by atoms with Gasteiger partial charge in [-0.1, -0.05) is 26.8 Å². The molecule has 0 radical (unpaired) electrons. The summed E-state index contributed by atoms with van der Waals surface area (Å²) in [6.45, 7) is 6.08. The van der Waals surface area contributed by atoms with Crippen molar-refractivity contribution in [2.24, 2.45) is 5.41 Å². The molecule has 22 heavy (non-hydrogen) atoms. The van der Waals surface area contributed by atoms with Gasteiger partial charge in [0.05, 0.1) is 7.11 Å². The van der Waals surface area contributed by atoms with E-state index in [4.69, 9.17) is 9.15 Å². The average Bonchev–Trinajstić information content (AvgIpc) is 2.95. The molecular formula is C16H21N3O3. The number of amides is 1. The second kappa shape index (κ2) is 6.60. The van der Waals surface area contributed by atoms with Crippen molar-refractivity contribution in [2.45, 2.75) is 27.2 Å². The van der Waals surface area contributed by atoms with Crippen LogP contribution in [0.4, 0.5) is 0 Å². The quantitative estimate of drug-likeness (QED) is 0.918. The van der Waals surface area contributed by atoms with Crippen LogP contribution in [-0.2, 0) is 11.2 Å². The van der Waals surface area contributed by atoms with Gasteiger partial charge in [-0.15, -0.1) is 10.2 Å². The topological polar surface area (TPSA) is 77.3 Å². The smallest absolute Gasteiger partial charge is 0.247 e. The maximum absolute atomic E-state index is 11.8. The number of rotatable bonds is 5. The van der Waals surface area contributed by atoms with E-state index >= 15 is 0 Å². The van der Waals surface area contributed by atoms with Gasteiger partial charge >= 0.3 is 0 Å². The summed E-state index contributed by atoms with van der Waals surface area (Å²) >= 11 is 0. The number of carbonyl (C=O) groups is 1. The molecule has 0 saturated carbocycles. The second-order valence-electron chi connectivity index (χ2n) is 5.99. The number of carbonyl (C=O) groups excluding carboxylic acids is 1. The predicted molar refractivity (Wildman–Crippen MR) is 82.5 cm³/mol. The van der Waals surface area contributed by atoms with Crippen LogP contribution in [0, 0.1) is 5.41 Å². The molecule has 0 fully saturated rings. The Labute approximate surface area is 129 Å². The van der Waals surface area contributed by atoms with Gasteiger partial charge in [-0.3, -0.25) is 4.79 Å². The molecule has 1 amide bonds. The van der Waals surface area contributed by atoms with Gasteiger partial charge in [0.1, 0.15) is 5.75 Å². The van der Waals surface area contributed by atoms with E-state index in [9.17, 15) is 4.79 Å². The molecular weight excluding hydrogens is 282 g/mol. The van der Waals surface area contributed by atoms with Crippen molar-refractivity contribution in [1.29, 1.82) is 0 Å². The van der Waals surface area contributed by atoms with Crippen LogP contribution in [-0.4, -0.2) is 29.8 Å². The summed E-state index contributed by atoms with van der Waals surface area (Å²) < 4.78 is 10.8. The van der Waals surface area contributed by atoms with Gasteiger partial charge in [-0.05, 0) is 18.2 Å². The van der Waals surface area contributed by atoms with Crippen molar-refractivity contribution in [3.63, 3.8) is 0 Å². The number of methoxy groups -OCH3 is 1. The molecule has 0 saturated heterocycles. The lowest BCUT2D eigenvalue weighted by Crippen LogP contribution is -2.35. The Balaban J connectivity index is 1.95. The Morgan fingerprint density at radius 1 is 1.32 bits per heavy atom. The number of nitrogens with zero attached hydrogens (tertiary/aromatic N) is 2. The molecule has 2 rings (SSSR count). The Morgan fingerprint density at radius 3 is 2.77 bits per heavy atom. The van der Waals surface area contributed by atoms with Crippen molar-refractivity contribution in [1.82, 2.24) is 15.5 Å². The van der Waals surface area contributed by atoms with Crippen LogP contribution >= 0.6 is 0 Å². The summed E-state index contributed by atoms with van der Waals surface area (Å²) in [6.07, 6.45) is 0.499. The molecule has 0 atom stereocenters. The van der Waals surface area contributed by atoms with E-state index in [1.54, 1.807) is 7.11 Å². The van der Waals surface area contributed by atoms with Gasteiger partial charge in [0.15, 0.2) is 0 Å². The number of benzene rings is 1. The lowest BCUT2D eigenvalue weighted by atomic mass is 9.96. The first-order valence-corrected chi connectivity index (χ1v) is 7.15. The zero-order valence-corrected chi connectivity index (χ0v) is 13.3. The first-order valence-electron chi connectivity index (χ1n) is 7.15. The third-order valence-electron chi connectivity index (χ3n) is 3.09. The minimum absolute atomic E-state index is 0.0000320. The van der Waals surface area contributed by atoms with Crippen LogP contribution in [0.2, 0.25) is 0 Å². The Morgan fingerprint density at radius 2 is 2.09 bits per heavy atom. The summed E-state index contributed by atoms with van der Waals surface area (Å²) in [5.74, 6) is 1.66. The molecule has 1 heterocycles. The standard InChI is InChI=1S/C16H21N3O3/c1-16(2,3)15(20)17-9-8-13-18-19-14(22-13)11-6-5-7-12(10-11)21-4/h5-7,10H,8-9H2,1-4H3,(H,17,20). The van der Waals surface area contributed by atoms with Crippen LogP contribution in [0.5, 0.6) is 5.75 Å². The molecule has 118 valence electrons. The van der Waals surface area contributed by atoms with E-state index in [1.807, 2.05) is 45.0 Å². The Kier molecular flexibility index (Phi) is 4.80. The fraction of sp³-hybridized carbons (Fsp3) is 0.438. The summed E-state index contributed by atoms with van der Waals surface area (Å²) in [6, 6.07) is 7.42. The van der Waals surface area contributed by atoms with E-state index < -0.39 is 5.41 Å². The molecule has 0 unspecified atom stereocenters. The van der Waals surface area contributed by atoms with Crippen LogP contribution in [0.25, 0.3) is 11.5 Å². The van der Waals surface area contributed by atoms with E-state index in [0.29, 0.717) is 24.7 Å². The first-order chi connectivity index (χ1) is 10.4. The molecule has 0 bridgehead atoms. The molecule has 6 heteroatoms. The van der Waals surface area contributed by atoms with Gasteiger partial charge in [0.2, 0.25) is 17.7 Å². The van der Waals surface area contributed by atoms with Gasteiger partial charge < -0.3 is 14.5 Å². The molecule has 0 aliphatic carbocycles. The number of hydrogen-bond donors (Lipinski definition) is 1. The predicted octanol–water partition coefficient (Wildman–Crippen LogP) is 2.45. The largest absolute Gasteiger partial charge is 0.497 e. The van der Waals surface area contributed by atoms with Gasteiger partial charge in [0, 0.05) is 23.9 Å². The van der Waals surface area contributed by atoms with Crippen molar-refractivity contribution < 1.29 is 13.9 Å². The third kappa shape index (κ3) is 4.07. The third-order valence-corrected chi connectivity index (χ3v) is 3.09. The highest BCUT2D eigenvalue weighted by molar-refractivity contribution is 5.81. The van der Waals surface area contributed by atoms with E-state index in [0.717, 1.165) is 11.3 Å². The zero-order valence-electron chi connectivity index (χ0n) is 13.3. The van der Waals surface area contributed by atoms with Gasteiger partial charge in [-0.2, -0.15) is 0 Å². The van der Waals surface area contributed by atoms with Crippen molar-refractivity contribution in [3.8, 4) is 17.2 Å². The van der Waals surface area contributed by atoms with E-state index in [-0.39, 0.29) is 5.91 Å². The summed E-state index contributed by atoms with van der Waals surface area (Å²) in [7, 11) is 1.61. The minimum atomic E-state index is -0.402. The molecule has 0 aliphatic rings. The molecule has 0 aliphatic heterocycles. The Hall–Kier alpha value is -2.37. The first kappa shape index (κ1) is 16.0. The molecule has 1 N–H and O–H groups in total. The lowest BCUT2D eigenvalue weighted by Gasteiger charge is -2.16. The minimum Gasteiger partial charge on any atom is -0.497 e. The average molecular weight is 303 g/mol. The molecule has 2 aromatic rings. The van der Waals surface area contributed by atoms with E-state index in [2.05, 4.69) is 15.5 Å². The summed E-state index contributed by atoms with van der Waals surface area (Å²) in [5, 5.41) is 10.9. The van der Waals surface area contributed by atoms with Crippen LogP contribution in [0.1, 0.15) is 26.7 Å². The number of aromatic nitrogens is 2. The zero-order chi connectivity index (χ0) is 16.2. The van der Waals surface area contributed by atoms with Crippen LogP contribution < -0.4 is 10.1 Å². The monoisotopic (exact) mass is 303 g/mol. The SMILES string of the molecule is COc1cccc(-c2nnc(CCNC(=O)C(C)(C)C)o2)c1. The number of nitrogens with one attached hydrogen (secondary N) is 1. The highest BCUT2D eigenvalue weighted by atomic mass is 16.5. The maximum atomic E-state index is 11.8. The van der Waals surface area contributed by atoms with Gasteiger partial charge in [0.25, 0.3) is 0 Å². The highest BCUT2D eigenvalue weighted by Gasteiger charge is 2.20. The van der Waals surface area contributed by atoms with Crippen molar-refractivity contribution >= 4 is 5.91 Å². The molecule has 0 spiro atoms. The molecule has 1 aromatic heterocycles. The highest BCUT2D eigenvalue weighted by Crippen LogP contribution is 2.22. The number of hydrogen-bond acceptors (Lipinski definition) is 5. The summed E-state index contributed by atoms with van der Waals surface area (Å²) in [5.41, 5.74) is 0.400. The van der Waals surface area contributed by atoms with Crippen molar-refractivity contribution in [2.75, 3.05) is 13.7 Å². The van der Waals surface area contributed by atoms with Crippen LogP contribution in [0.3, 0.4) is 0 Å². The van der Waals surface area contributed by atoms with E-state index in [1.165, 1.54) is 0 Å². The summed E-state index contributed by atoms with van der Waals surface area (Å²) in [4.78, 5) is 11.8.